The number of hydrogen-bond acceptors (Lipinski definition) is 1. The molecule has 1 aromatic carbocycles. The Hall–Kier alpha value is -0.960. The molecule has 0 atom stereocenters. The third-order valence-electron chi connectivity index (χ3n) is 2.57. The quantitative estimate of drug-likeness (QED) is 0.695. The van der Waals surface area contributed by atoms with Crippen molar-refractivity contribution in [1.29, 1.82) is 0 Å². The van der Waals surface area contributed by atoms with Crippen molar-refractivity contribution in [3.63, 3.8) is 0 Å². The van der Waals surface area contributed by atoms with Crippen LogP contribution in [-0.2, 0) is 10.2 Å². The summed E-state index contributed by atoms with van der Waals surface area (Å²) in [6.07, 6.45) is 0.991. The first-order chi connectivity index (χ1) is 6.56. The van der Waals surface area contributed by atoms with Crippen molar-refractivity contribution in [3.8, 4) is 0 Å². The maximum absolute atomic E-state index is 13.3. The molecule has 1 aliphatic carbocycles. The molecule has 0 unspecified atom stereocenters. The minimum absolute atomic E-state index is 0.0810. The Morgan fingerprint density at radius 3 is 2.50 bits per heavy atom. The molecular weight excluding hydrogens is 210 g/mol. The summed E-state index contributed by atoms with van der Waals surface area (Å²) in [5.41, 5.74) is -0.884. The van der Waals surface area contributed by atoms with E-state index in [0.29, 0.717) is 12.8 Å². The van der Waals surface area contributed by atoms with E-state index < -0.39 is 22.3 Å². The van der Waals surface area contributed by atoms with Crippen LogP contribution in [0.5, 0.6) is 0 Å². The lowest BCUT2D eigenvalue weighted by atomic mass is 9.97. The van der Waals surface area contributed by atoms with Crippen molar-refractivity contribution < 1.29 is 13.6 Å². The fraction of sp³-hybridized carbons (Fsp3) is 0.300. The monoisotopic (exact) mass is 216 g/mol. The largest absolute Gasteiger partial charge is 0.280 e. The van der Waals surface area contributed by atoms with Crippen LogP contribution in [-0.4, -0.2) is 5.24 Å². The molecule has 2 rings (SSSR count). The molecule has 1 saturated carbocycles. The van der Waals surface area contributed by atoms with Gasteiger partial charge in [0, 0.05) is 5.56 Å². The van der Waals surface area contributed by atoms with E-state index in [2.05, 4.69) is 0 Å². The van der Waals surface area contributed by atoms with E-state index in [0.717, 1.165) is 18.2 Å². The van der Waals surface area contributed by atoms with Gasteiger partial charge in [0.05, 0.1) is 5.41 Å². The first kappa shape index (κ1) is 9.59. The molecular formula is C10H7ClF2O. The average molecular weight is 217 g/mol. The van der Waals surface area contributed by atoms with Gasteiger partial charge in [-0.15, -0.1) is 0 Å². The highest BCUT2D eigenvalue weighted by molar-refractivity contribution is 6.66. The highest BCUT2D eigenvalue weighted by atomic mass is 35.5. The molecule has 1 nitrogen and oxygen atoms in total. The van der Waals surface area contributed by atoms with Gasteiger partial charge in [0.1, 0.15) is 11.6 Å². The molecule has 0 amide bonds. The Morgan fingerprint density at radius 2 is 2.00 bits per heavy atom. The molecule has 1 aromatic rings. The summed E-state index contributed by atoms with van der Waals surface area (Å²) in [7, 11) is 0. The van der Waals surface area contributed by atoms with E-state index in [1.807, 2.05) is 0 Å². The highest BCUT2D eigenvalue weighted by Gasteiger charge is 2.52. The van der Waals surface area contributed by atoms with E-state index >= 15 is 0 Å². The second-order valence-corrected chi connectivity index (χ2v) is 3.82. The standard InChI is InChI=1S/C10H7ClF2O/c11-9(14)10(3-4-10)7-5-6(12)1-2-8(7)13/h1-2,5H,3-4H2. The van der Waals surface area contributed by atoms with Gasteiger partial charge in [0.25, 0.3) is 0 Å². The third kappa shape index (κ3) is 1.32. The van der Waals surface area contributed by atoms with E-state index in [-0.39, 0.29) is 5.56 Å². The molecule has 0 spiro atoms. The second kappa shape index (κ2) is 3.02. The van der Waals surface area contributed by atoms with Crippen LogP contribution in [0.15, 0.2) is 18.2 Å². The van der Waals surface area contributed by atoms with Crippen LogP contribution < -0.4 is 0 Å². The smallest absolute Gasteiger partial charge is 0.232 e. The summed E-state index contributed by atoms with van der Waals surface area (Å²) >= 11 is 5.36. The van der Waals surface area contributed by atoms with Crippen molar-refractivity contribution >= 4 is 16.8 Å². The van der Waals surface area contributed by atoms with Gasteiger partial charge in [0.15, 0.2) is 0 Å². The molecule has 74 valence electrons. The Kier molecular flexibility index (Phi) is 2.07. The van der Waals surface area contributed by atoms with Gasteiger partial charge in [-0.3, -0.25) is 4.79 Å². The van der Waals surface area contributed by atoms with E-state index in [9.17, 15) is 13.6 Å². The highest BCUT2D eigenvalue weighted by Crippen LogP contribution is 2.50. The Balaban J connectivity index is 2.51. The molecule has 0 aliphatic heterocycles. The van der Waals surface area contributed by atoms with Crippen molar-refractivity contribution in [2.45, 2.75) is 18.3 Å². The summed E-state index contributed by atoms with van der Waals surface area (Å²) < 4.78 is 26.1. The zero-order valence-corrected chi connectivity index (χ0v) is 7.94. The molecule has 0 radical (unpaired) electrons. The van der Waals surface area contributed by atoms with Gasteiger partial charge in [-0.25, -0.2) is 8.78 Å². The van der Waals surface area contributed by atoms with Gasteiger partial charge < -0.3 is 0 Å². The summed E-state index contributed by atoms with van der Waals surface area (Å²) in [5, 5.41) is -0.609. The number of carbonyl (C=O) groups is 1. The molecule has 14 heavy (non-hydrogen) atoms. The predicted molar refractivity (Wildman–Crippen MR) is 48.1 cm³/mol. The van der Waals surface area contributed by atoms with Crippen molar-refractivity contribution in [2.75, 3.05) is 0 Å². The molecule has 0 bridgehead atoms. The molecule has 1 aliphatic rings. The minimum atomic E-state index is -0.965. The number of rotatable bonds is 2. The molecule has 0 heterocycles. The van der Waals surface area contributed by atoms with Crippen LogP contribution in [0.2, 0.25) is 0 Å². The fourth-order valence-corrected chi connectivity index (χ4v) is 1.85. The fourth-order valence-electron chi connectivity index (χ4n) is 1.56. The third-order valence-corrected chi connectivity index (χ3v) is 2.93. The maximum Gasteiger partial charge on any atom is 0.232 e. The number of benzene rings is 1. The van der Waals surface area contributed by atoms with Crippen LogP contribution in [0.1, 0.15) is 18.4 Å². The van der Waals surface area contributed by atoms with Gasteiger partial charge in [-0.1, -0.05) is 0 Å². The summed E-state index contributed by atoms with van der Waals surface area (Å²) in [5.74, 6) is -1.12. The van der Waals surface area contributed by atoms with Gasteiger partial charge in [-0.05, 0) is 42.6 Å². The van der Waals surface area contributed by atoms with Gasteiger partial charge >= 0.3 is 0 Å². The van der Waals surface area contributed by atoms with E-state index in [1.165, 1.54) is 0 Å². The van der Waals surface area contributed by atoms with Crippen molar-refractivity contribution in [3.05, 3.63) is 35.4 Å². The van der Waals surface area contributed by atoms with Crippen molar-refractivity contribution in [2.24, 2.45) is 0 Å². The number of carbonyl (C=O) groups excluding carboxylic acids is 1. The molecule has 0 N–H and O–H groups in total. The zero-order valence-electron chi connectivity index (χ0n) is 7.19. The summed E-state index contributed by atoms with van der Waals surface area (Å²) in [4.78, 5) is 11.1. The molecule has 1 fully saturated rings. The molecule has 0 aromatic heterocycles. The Morgan fingerprint density at radius 1 is 1.36 bits per heavy atom. The normalized spacial score (nSPS) is 17.9. The van der Waals surface area contributed by atoms with E-state index in [4.69, 9.17) is 11.6 Å². The van der Waals surface area contributed by atoms with Crippen LogP contribution in [0.3, 0.4) is 0 Å². The first-order valence-corrected chi connectivity index (χ1v) is 4.59. The van der Waals surface area contributed by atoms with Crippen LogP contribution >= 0.6 is 11.6 Å². The summed E-state index contributed by atoms with van der Waals surface area (Å²) in [6, 6.07) is 3.08. The topological polar surface area (TPSA) is 17.1 Å². The Bertz CT molecular complexity index is 399. The SMILES string of the molecule is O=C(Cl)C1(c2cc(F)ccc2F)CC1. The first-order valence-electron chi connectivity index (χ1n) is 4.22. The maximum atomic E-state index is 13.3. The number of hydrogen-bond donors (Lipinski definition) is 0. The lowest BCUT2D eigenvalue weighted by Gasteiger charge is -2.10. The van der Waals surface area contributed by atoms with Gasteiger partial charge in [-0.2, -0.15) is 0 Å². The van der Waals surface area contributed by atoms with Crippen molar-refractivity contribution in [1.82, 2.24) is 0 Å². The van der Waals surface area contributed by atoms with E-state index in [1.54, 1.807) is 0 Å². The van der Waals surface area contributed by atoms with Crippen LogP contribution in [0.25, 0.3) is 0 Å². The molecule has 4 heteroatoms. The van der Waals surface area contributed by atoms with Crippen LogP contribution in [0.4, 0.5) is 8.78 Å². The zero-order chi connectivity index (χ0) is 10.3. The molecule has 0 saturated heterocycles. The lowest BCUT2D eigenvalue weighted by molar-refractivity contribution is -0.113. The number of halogens is 3. The van der Waals surface area contributed by atoms with Gasteiger partial charge in [0.2, 0.25) is 5.24 Å². The summed E-state index contributed by atoms with van der Waals surface area (Å²) in [6.45, 7) is 0. The Labute approximate surface area is 84.7 Å². The average Bonchev–Trinajstić information content (AvgIpc) is 2.90. The van der Waals surface area contributed by atoms with Crippen LogP contribution in [0, 0.1) is 11.6 Å². The minimum Gasteiger partial charge on any atom is -0.280 e. The predicted octanol–water partition coefficient (Wildman–Crippen LogP) is 2.76. The lowest BCUT2D eigenvalue weighted by Crippen LogP contribution is -2.16. The second-order valence-electron chi connectivity index (χ2n) is 3.48.